The molecule has 1 N–H and O–H groups in total. The van der Waals surface area contributed by atoms with Crippen molar-refractivity contribution in [2.24, 2.45) is 0 Å². The van der Waals surface area contributed by atoms with Gasteiger partial charge in [-0.1, -0.05) is 42.5 Å². The van der Waals surface area contributed by atoms with E-state index in [1.807, 2.05) is 42.5 Å². The van der Waals surface area contributed by atoms with E-state index in [4.69, 9.17) is 4.74 Å². The third-order valence-corrected chi connectivity index (χ3v) is 6.46. The second-order valence-corrected chi connectivity index (χ2v) is 8.40. The van der Waals surface area contributed by atoms with E-state index >= 15 is 0 Å². The highest BCUT2D eigenvalue weighted by Crippen LogP contribution is 2.37. The molecule has 2 aromatic carbocycles. The highest BCUT2D eigenvalue weighted by molar-refractivity contribution is 7.17. The topological polar surface area (TPSA) is 75.7 Å². The third kappa shape index (κ3) is 3.93. The summed E-state index contributed by atoms with van der Waals surface area (Å²) in [4.78, 5) is 39.6. The number of ether oxygens (including phenoxy) is 1. The van der Waals surface area contributed by atoms with Crippen molar-refractivity contribution in [3.63, 3.8) is 0 Å². The first-order valence-corrected chi connectivity index (χ1v) is 10.5. The number of nitrogens with one attached hydrogen (secondary N) is 1. The summed E-state index contributed by atoms with van der Waals surface area (Å²) in [5.41, 5.74) is 2.17. The lowest BCUT2D eigenvalue weighted by molar-refractivity contribution is -0.129. The van der Waals surface area contributed by atoms with Gasteiger partial charge in [0.15, 0.2) is 0 Å². The van der Waals surface area contributed by atoms with Crippen LogP contribution < -0.4 is 5.32 Å². The van der Waals surface area contributed by atoms with Gasteiger partial charge in [0.25, 0.3) is 0 Å². The first kappa shape index (κ1) is 20.1. The third-order valence-electron chi connectivity index (χ3n) is 5.32. The van der Waals surface area contributed by atoms with E-state index < -0.39 is 5.97 Å². The molecule has 4 rings (SSSR count). The molecule has 0 saturated carbocycles. The van der Waals surface area contributed by atoms with Gasteiger partial charge in [-0.05, 0) is 28.3 Å². The van der Waals surface area contributed by atoms with Crippen LogP contribution in [-0.2, 0) is 33.7 Å². The quantitative estimate of drug-likeness (QED) is 0.650. The number of hydrogen-bond acceptors (Lipinski definition) is 5. The maximum absolute atomic E-state index is 12.7. The van der Waals surface area contributed by atoms with E-state index in [1.54, 1.807) is 4.90 Å². The molecule has 0 atom stereocenters. The predicted octanol–water partition coefficient (Wildman–Crippen LogP) is 3.77. The van der Waals surface area contributed by atoms with Crippen molar-refractivity contribution in [2.75, 3.05) is 19.0 Å². The van der Waals surface area contributed by atoms with Crippen molar-refractivity contribution in [3.8, 4) is 0 Å². The van der Waals surface area contributed by atoms with Gasteiger partial charge in [0.1, 0.15) is 5.00 Å². The molecule has 0 unspecified atom stereocenters. The van der Waals surface area contributed by atoms with Crippen LogP contribution in [0.15, 0.2) is 42.5 Å². The SMILES string of the molecule is COC(=O)c1c(NC(=O)Cc2ccc3ccccc3c2)sc2c1CCN(C(C)=O)C2. The van der Waals surface area contributed by atoms with E-state index in [1.165, 1.54) is 25.4 Å². The summed E-state index contributed by atoms with van der Waals surface area (Å²) in [5, 5.41) is 5.59. The lowest BCUT2D eigenvalue weighted by Crippen LogP contribution is -2.33. The summed E-state index contributed by atoms with van der Waals surface area (Å²) in [5.74, 6) is -0.669. The fourth-order valence-electron chi connectivity index (χ4n) is 3.78. The molecule has 154 valence electrons. The lowest BCUT2D eigenvalue weighted by atomic mass is 10.0. The Kier molecular flexibility index (Phi) is 5.55. The number of thiophene rings is 1. The van der Waals surface area contributed by atoms with Crippen LogP contribution in [0.3, 0.4) is 0 Å². The van der Waals surface area contributed by atoms with Crippen LogP contribution in [0, 0.1) is 0 Å². The first-order valence-electron chi connectivity index (χ1n) is 9.72. The number of benzene rings is 2. The van der Waals surface area contributed by atoms with E-state index in [9.17, 15) is 14.4 Å². The minimum atomic E-state index is -0.468. The molecule has 0 aliphatic carbocycles. The molecule has 0 bridgehead atoms. The Morgan fingerprint density at radius 2 is 1.90 bits per heavy atom. The molecule has 1 aliphatic rings. The first-order chi connectivity index (χ1) is 14.5. The largest absolute Gasteiger partial charge is 0.465 e. The Morgan fingerprint density at radius 3 is 2.63 bits per heavy atom. The number of methoxy groups -OCH3 is 1. The summed E-state index contributed by atoms with van der Waals surface area (Å²) in [7, 11) is 1.33. The molecular formula is C23H22N2O4S. The molecule has 2 amide bonds. The van der Waals surface area contributed by atoms with E-state index in [0.29, 0.717) is 30.1 Å². The van der Waals surface area contributed by atoms with Crippen LogP contribution in [0.4, 0.5) is 5.00 Å². The maximum Gasteiger partial charge on any atom is 0.341 e. The van der Waals surface area contributed by atoms with E-state index in [0.717, 1.165) is 26.8 Å². The fourth-order valence-corrected chi connectivity index (χ4v) is 5.05. The van der Waals surface area contributed by atoms with Crippen molar-refractivity contribution in [1.29, 1.82) is 0 Å². The summed E-state index contributed by atoms with van der Waals surface area (Å²) in [6.07, 6.45) is 0.768. The summed E-state index contributed by atoms with van der Waals surface area (Å²) < 4.78 is 4.96. The zero-order valence-electron chi connectivity index (χ0n) is 16.9. The van der Waals surface area contributed by atoms with Gasteiger partial charge >= 0.3 is 5.97 Å². The maximum atomic E-state index is 12.7. The van der Waals surface area contributed by atoms with Gasteiger partial charge in [-0.15, -0.1) is 11.3 Å². The van der Waals surface area contributed by atoms with Gasteiger partial charge in [0, 0.05) is 18.3 Å². The number of carbonyl (C=O) groups excluding carboxylic acids is 3. The van der Waals surface area contributed by atoms with Crippen molar-refractivity contribution < 1.29 is 19.1 Å². The Morgan fingerprint density at radius 1 is 1.13 bits per heavy atom. The van der Waals surface area contributed by atoms with Crippen molar-refractivity contribution >= 4 is 44.9 Å². The van der Waals surface area contributed by atoms with Gasteiger partial charge in [-0.25, -0.2) is 4.79 Å². The molecule has 3 aromatic rings. The molecule has 0 saturated heterocycles. The van der Waals surface area contributed by atoms with E-state index in [2.05, 4.69) is 5.32 Å². The summed E-state index contributed by atoms with van der Waals surface area (Å²) >= 11 is 1.34. The van der Waals surface area contributed by atoms with Gasteiger partial charge in [0.2, 0.25) is 11.8 Å². The molecule has 7 heteroatoms. The molecule has 0 spiro atoms. The minimum Gasteiger partial charge on any atom is -0.465 e. The number of carbonyl (C=O) groups is 3. The molecule has 2 heterocycles. The number of fused-ring (bicyclic) bond motifs is 2. The van der Waals surface area contributed by atoms with Gasteiger partial charge in [-0.2, -0.15) is 0 Å². The second kappa shape index (κ2) is 8.28. The zero-order valence-corrected chi connectivity index (χ0v) is 17.7. The van der Waals surface area contributed by atoms with Gasteiger partial charge < -0.3 is 15.0 Å². The number of rotatable bonds is 4. The van der Waals surface area contributed by atoms with Gasteiger partial charge in [-0.3, -0.25) is 9.59 Å². The molecule has 30 heavy (non-hydrogen) atoms. The average Bonchev–Trinajstić information content (AvgIpc) is 3.09. The monoisotopic (exact) mass is 422 g/mol. The zero-order chi connectivity index (χ0) is 21.3. The van der Waals surface area contributed by atoms with Crippen LogP contribution in [0.1, 0.15) is 33.3 Å². The second-order valence-electron chi connectivity index (χ2n) is 7.30. The van der Waals surface area contributed by atoms with Crippen LogP contribution in [0.5, 0.6) is 0 Å². The minimum absolute atomic E-state index is 0.00411. The number of amides is 2. The standard InChI is InChI=1S/C23H22N2O4S/c1-14(26)25-10-9-18-19(13-25)30-22(21(18)23(28)29-2)24-20(27)12-15-7-8-16-5-3-4-6-17(16)11-15/h3-8,11H,9-10,12-13H2,1-2H3,(H,24,27). The Balaban J connectivity index is 1.57. The molecular weight excluding hydrogens is 400 g/mol. The van der Waals surface area contributed by atoms with Crippen LogP contribution >= 0.6 is 11.3 Å². The summed E-state index contributed by atoms with van der Waals surface area (Å²) in [6, 6.07) is 13.9. The van der Waals surface area contributed by atoms with Crippen LogP contribution in [-0.4, -0.2) is 36.3 Å². The fraction of sp³-hybridized carbons (Fsp3) is 0.261. The molecule has 1 aliphatic heterocycles. The van der Waals surface area contributed by atoms with E-state index in [-0.39, 0.29) is 18.2 Å². The van der Waals surface area contributed by atoms with Crippen molar-refractivity contribution in [2.45, 2.75) is 26.3 Å². The average molecular weight is 423 g/mol. The highest BCUT2D eigenvalue weighted by Gasteiger charge is 2.30. The Labute approximate surface area is 178 Å². The number of anilines is 1. The van der Waals surface area contributed by atoms with Crippen molar-refractivity contribution in [3.05, 3.63) is 64.0 Å². The summed E-state index contributed by atoms with van der Waals surface area (Å²) in [6.45, 7) is 2.53. The predicted molar refractivity (Wildman–Crippen MR) is 117 cm³/mol. The normalized spacial score (nSPS) is 13.1. The molecule has 1 aromatic heterocycles. The number of esters is 1. The van der Waals surface area contributed by atoms with Gasteiger partial charge in [0.05, 0.1) is 25.6 Å². The smallest absolute Gasteiger partial charge is 0.341 e. The highest BCUT2D eigenvalue weighted by atomic mass is 32.1. The number of hydrogen-bond donors (Lipinski definition) is 1. The van der Waals surface area contributed by atoms with Crippen LogP contribution in [0.2, 0.25) is 0 Å². The van der Waals surface area contributed by atoms with Crippen molar-refractivity contribution in [1.82, 2.24) is 4.90 Å². The molecule has 0 fully saturated rings. The molecule has 0 radical (unpaired) electrons. The number of nitrogens with zero attached hydrogens (tertiary/aromatic N) is 1. The Hall–Kier alpha value is -3.19. The molecule has 6 nitrogen and oxygen atoms in total. The lowest BCUT2D eigenvalue weighted by Gasteiger charge is -2.25. The Bertz CT molecular complexity index is 1150. The van der Waals surface area contributed by atoms with Crippen LogP contribution in [0.25, 0.3) is 10.8 Å².